The molecule has 5 aromatic rings. The first-order chi connectivity index (χ1) is 16.7. The molecule has 0 saturated heterocycles. The van der Waals surface area contributed by atoms with Crippen molar-refractivity contribution in [1.82, 2.24) is 19.1 Å². The van der Waals surface area contributed by atoms with Crippen LogP contribution in [-0.4, -0.2) is 38.4 Å². The lowest BCUT2D eigenvalue weighted by Crippen LogP contribution is -2.14. The third-order valence-electron chi connectivity index (χ3n) is 6.22. The minimum atomic E-state index is -3.52. The smallest absolute Gasteiger partial charge is 0.272 e. The average molecular weight is 492 g/mol. The quantitative estimate of drug-likeness (QED) is 0.334. The van der Waals surface area contributed by atoms with Crippen molar-refractivity contribution in [2.75, 3.05) is 10.5 Å². The van der Waals surface area contributed by atoms with Gasteiger partial charge in [-0.3, -0.25) is 9.52 Å². The Morgan fingerprint density at radius 3 is 2.71 bits per heavy atom. The molecule has 0 amide bonds. The Labute approximate surface area is 201 Å². The maximum Gasteiger partial charge on any atom is 0.272 e. The molecule has 2 aromatic carbocycles. The minimum Gasteiger partial charge on any atom is -0.508 e. The van der Waals surface area contributed by atoms with E-state index in [4.69, 9.17) is 4.98 Å². The van der Waals surface area contributed by atoms with Crippen LogP contribution in [0, 0.1) is 6.92 Å². The molecular formula is C25H25N5O4S. The molecule has 9 nitrogen and oxygen atoms in total. The van der Waals surface area contributed by atoms with E-state index in [9.17, 15) is 18.3 Å². The van der Waals surface area contributed by atoms with Crippen LogP contribution in [0.15, 0.2) is 59.7 Å². The molecule has 0 atom stereocenters. The third kappa shape index (κ3) is 3.95. The molecule has 0 aliphatic carbocycles. The largest absolute Gasteiger partial charge is 0.508 e. The molecule has 0 fully saturated rings. The van der Waals surface area contributed by atoms with Crippen molar-refractivity contribution < 1.29 is 13.5 Å². The molecule has 10 heteroatoms. The number of hydrogen-bond acceptors (Lipinski definition) is 5. The van der Waals surface area contributed by atoms with E-state index < -0.39 is 10.0 Å². The predicted octanol–water partition coefficient (Wildman–Crippen LogP) is 3.71. The second kappa shape index (κ2) is 8.31. The molecule has 0 unspecified atom stereocenters. The standard InChI is InChI=1S/C25H25N5O4S/c1-4-35(33,34)28-20-6-5-7-21-22(20)27-24(30(21)13-16-8-9-17(31)12-15(16)2)19-14-29(3)23-18(19)10-11-26-25(23)32/h5-12,14,28,31H,4,13H2,1-3H3,(H,26,32). The number of para-hydroxylation sites is 1. The van der Waals surface area contributed by atoms with Gasteiger partial charge in [0.05, 0.1) is 17.0 Å². The molecule has 3 heterocycles. The summed E-state index contributed by atoms with van der Waals surface area (Å²) < 4.78 is 31.1. The van der Waals surface area contributed by atoms with Crippen LogP contribution in [0.25, 0.3) is 33.3 Å². The van der Waals surface area contributed by atoms with Crippen molar-refractivity contribution >= 4 is 37.6 Å². The van der Waals surface area contributed by atoms with Gasteiger partial charge in [0.2, 0.25) is 10.0 Å². The van der Waals surface area contributed by atoms with Gasteiger partial charge in [0.1, 0.15) is 22.6 Å². The number of phenolic OH excluding ortho intramolecular Hbond substituents is 1. The maximum absolute atomic E-state index is 12.5. The summed E-state index contributed by atoms with van der Waals surface area (Å²) in [7, 11) is -1.71. The molecule has 35 heavy (non-hydrogen) atoms. The number of anilines is 1. The summed E-state index contributed by atoms with van der Waals surface area (Å²) in [6.45, 7) is 3.93. The predicted molar refractivity (Wildman–Crippen MR) is 137 cm³/mol. The molecule has 0 aliphatic heterocycles. The van der Waals surface area contributed by atoms with Gasteiger partial charge in [-0.15, -0.1) is 0 Å². The van der Waals surface area contributed by atoms with E-state index >= 15 is 0 Å². The number of aryl methyl sites for hydroxylation is 2. The van der Waals surface area contributed by atoms with Gasteiger partial charge in [-0.05, 0) is 55.3 Å². The van der Waals surface area contributed by atoms with Crippen molar-refractivity contribution in [3.63, 3.8) is 0 Å². The molecule has 0 aliphatic rings. The maximum atomic E-state index is 12.5. The van der Waals surface area contributed by atoms with Gasteiger partial charge in [0.15, 0.2) is 0 Å². The van der Waals surface area contributed by atoms with E-state index in [0.29, 0.717) is 29.1 Å². The van der Waals surface area contributed by atoms with E-state index in [-0.39, 0.29) is 17.1 Å². The lowest BCUT2D eigenvalue weighted by Gasteiger charge is -2.12. The Morgan fingerprint density at radius 2 is 1.97 bits per heavy atom. The van der Waals surface area contributed by atoms with E-state index in [1.54, 1.807) is 49.0 Å². The number of benzene rings is 2. The van der Waals surface area contributed by atoms with Crippen LogP contribution >= 0.6 is 0 Å². The Morgan fingerprint density at radius 1 is 1.17 bits per heavy atom. The van der Waals surface area contributed by atoms with E-state index in [2.05, 4.69) is 9.71 Å². The number of nitrogens with one attached hydrogen (secondary N) is 2. The van der Waals surface area contributed by atoms with Gasteiger partial charge in [0.25, 0.3) is 5.56 Å². The van der Waals surface area contributed by atoms with Crippen LogP contribution in [-0.2, 0) is 23.6 Å². The lowest BCUT2D eigenvalue weighted by molar-refractivity contribution is 0.474. The number of rotatable bonds is 6. The number of sulfonamides is 1. The Kier molecular flexibility index (Phi) is 5.40. The molecule has 0 spiro atoms. The van der Waals surface area contributed by atoms with Crippen LogP contribution in [0.3, 0.4) is 0 Å². The van der Waals surface area contributed by atoms with Crippen LogP contribution in [0.1, 0.15) is 18.1 Å². The second-order valence-corrected chi connectivity index (χ2v) is 10.5. The third-order valence-corrected chi connectivity index (χ3v) is 7.51. The van der Waals surface area contributed by atoms with Crippen LogP contribution in [0.5, 0.6) is 5.75 Å². The summed E-state index contributed by atoms with van der Waals surface area (Å²) in [5.74, 6) is 0.730. The average Bonchev–Trinajstić information content (AvgIpc) is 3.34. The zero-order valence-electron chi connectivity index (χ0n) is 19.5. The van der Waals surface area contributed by atoms with Crippen molar-refractivity contribution in [3.8, 4) is 17.1 Å². The molecule has 3 N–H and O–H groups in total. The van der Waals surface area contributed by atoms with Crippen molar-refractivity contribution in [3.05, 3.63) is 76.3 Å². The first-order valence-corrected chi connectivity index (χ1v) is 12.8. The summed E-state index contributed by atoms with van der Waals surface area (Å²) in [6, 6.07) is 12.4. The number of aromatic amines is 1. The monoisotopic (exact) mass is 491 g/mol. The molecule has 3 aromatic heterocycles. The Balaban J connectivity index is 1.80. The number of pyridine rings is 1. The van der Waals surface area contributed by atoms with Crippen LogP contribution in [0.2, 0.25) is 0 Å². The number of fused-ring (bicyclic) bond motifs is 2. The Hall–Kier alpha value is -4.05. The molecule has 0 radical (unpaired) electrons. The van der Waals surface area contributed by atoms with Gasteiger partial charge in [-0.1, -0.05) is 12.1 Å². The first-order valence-electron chi connectivity index (χ1n) is 11.1. The number of phenols is 1. The number of aromatic nitrogens is 4. The van der Waals surface area contributed by atoms with E-state index in [0.717, 1.165) is 27.6 Å². The molecule has 180 valence electrons. The van der Waals surface area contributed by atoms with Gasteiger partial charge in [0, 0.05) is 36.9 Å². The van der Waals surface area contributed by atoms with Crippen molar-refractivity contribution in [2.24, 2.45) is 7.05 Å². The fraction of sp³-hybridized carbons (Fsp3) is 0.200. The topological polar surface area (TPSA) is 122 Å². The van der Waals surface area contributed by atoms with Crippen LogP contribution < -0.4 is 10.3 Å². The summed E-state index contributed by atoms with van der Waals surface area (Å²) >= 11 is 0. The highest BCUT2D eigenvalue weighted by atomic mass is 32.2. The summed E-state index contributed by atoms with van der Waals surface area (Å²) in [5.41, 5.74) is 4.60. The highest BCUT2D eigenvalue weighted by Crippen LogP contribution is 2.34. The van der Waals surface area contributed by atoms with Crippen LogP contribution in [0.4, 0.5) is 5.69 Å². The summed E-state index contributed by atoms with van der Waals surface area (Å²) in [6.07, 6.45) is 3.46. The minimum absolute atomic E-state index is 0.0598. The fourth-order valence-electron chi connectivity index (χ4n) is 4.41. The summed E-state index contributed by atoms with van der Waals surface area (Å²) in [5, 5.41) is 10.6. The fourth-order valence-corrected chi connectivity index (χ4v) is 5.05. The van der Waals surface area contributed by atoms with Crippen molar-refractivity contribution in [2.45, 2.75) is 20.4 Å². The van der Waals surface area contributed by atoms with E-state index in [1.165, 1.54) is 0 Å². The van der Waals surface area contributed by atoms with Crippen molar-refractivity contribution in [1.29, 1.82) is 0 Å². The lowest BCUT2D eigenvalue weighted by atomic mass is 10.1. The molecule has 0 bridgehead atoms. The number of hydrogen-bond donors (Lipinski definition) is 3. The highest BCUT2D eigenvalue weighted by molar-refractivity contribution is 7.92. The molecule has 0 saturated carbocycles. The molecule has 5 rings (SSSR count). The highest BCUT2D eigenvalue weighted by Gasteiger charge is 2.21. The number of nitrogens with zero attached hydrogens (tertiary/aromatic N) is 3. The number of imidazole rings is 1. The molecular weight excluding hydrogens is 466 g/mol. The van der Waals surface area contributed by atoms with Gasteiger partial charge in [-0.25, -0.2) is 13.4 Å². The van der Waals surface area contributed by atoms with Gasteiger partial charge >= 0.3 is 0 Å². The SMILES string of the molecule is CCS(=O)(=O)Nc1cccc2c1nc(-c1cn(C)c3c(=O)[nH]ccc13)n2Cc1ccc(O)cc1C. The zero-order chi connectivity index (χ0) is 24.9. The van der Waals surface area contributed by atoms with E-state index in [1.807, 2.05) is 35.9 Å². The number of aromatic hydroxyl groups is 1. The zero-order valence-corrected chi connectivity index (χ0v) is 20.3. The van der Waals surface area contributed by atoms with Gasteiger partial charge < -0.3 is 19.2 Å². The Bertz CT molecular complexity index is 1760. The second-order valence-electron chi connectivity index (χ2n) is 8.53. The first kappa shape index (κ1) is 22.7. The number of H-pyrrole nitrogens is 1. The van der Waals surface area contributed by atoms with Gasteiger partial charge in [-0.2, -0.15) is 0 Å². The summed E-state index contributed by atoms with van der Waals surface area (Å²) in [4.78, 5) is 20.1. The normalized spacial score (nSPS) is 12.0.